The fourth-order valence-corrected chi connectivity index (χ4v) is 3.72. The number of esters is 1. The molecule has 1 aliphatic rings. The Hall–Kier alpha value is -3.47. The van der Waals surface area contributed by atoms with Crippen molar-refractivity contribution in [2.24, 2.45) is 0 Å². The van der Waals surface area contributed by atoms with Crippen LogP contribution in [0.15, 0.2) is 48.5 Å². The average Bonchev–Trinajstić information content (AvgIpc) is 3.11. The number of alkyl halides is 3. The highest BCUT2D eigenvalue weighted by Gasteiger charge is 2.49. The van der Waals surface area contributed by atoms with Gasteiger partial charge in [0, 0.05) is 10.9 Å². The van der Waals surface area contributed by atoms with Crippen LogP contribution in [-0.2, 0) is 28.1 Å². The fraction of sp³-hybridized carbons (Fsp3) is 0.190. The van der Waals surface area contributed by atoms with Gasteiger partial charge in [0.1, 0.15) is 18.8 Å². The van der Waals surface area contributed by atoms with E-state index in [2.05, 4.69) is 4.18 Å². The van der Waals surface area contributed by atoms with Crippen LogP contribution >= 0.6 is 0 Å². The molecule has 0 fully saturated rings. The first-order chi connectivity index (χ1) is 15.1. The molecule has 168 valence electrons. The molecule has 0 bridgehead atoms. The number of methoxy groups -OCH3 is 1. The molecule has 0 aliphatic carbocycles. The van der Waals surface area contributed by atoms with E-state index in [1.807, 2.05) is 30.3 Å². The summed E-state index contributed by atoms with van der Waals surface area (Å²) in [5.41, 5.74) is -5.02. The minimum absolute atomic E-state index is 0.0839. The van der Waals surface area contributed by atoms with Crippen LogP contribution in [0.5, 0.6) is 17.2 Å². The summed E-state index contributed by atoms with van der Waals surface area (Å²) >= 11 is 0. The van der Waals surface area contributed by atoms with Gasteiger partial charge in [0.2, 0.25) is 0 Å². The standard InChI is InChI=1S/C21H15F3O7S/c1-28-16-9-15-13(8-17(16)29-10-12-5-3-2-4-6-12)7-14-11-30-20(25)18(14)19(15)31-32(26,27)21(22,23)24/h2-9H,10-11H2,1H3. The maximum absolute atomic E-state index is 13.0. The number of ether oxygens (including phenoxy) is 3. The molecule has 0 atom stereocenters. The topological polar surface area (TPSA) is 88.1 Å². The molecule has 0 saturated carbocycles. The predicted molar refractivity (Wildman–Crippen MR) is 106 cm³/mol. The van der Waals surface area contributed by atoms with Gasteiger partial charge >= 0.3 is 21.6 Å². The van der Waals surface area contributed by atoms with Gasteiger partial charge in [0.05, 0.1) is 7.11 Å². The van der Waals surface area contributed by atoms with Crippen molar-refractivity contribution in [2.45, 2.75) is 18.7 Å². The van der Waals surface area contributed by atoms with Crippen LogP contribution in [0.2, 0.25) is 0 Å². The van der Waals surface area contributed by atoms with Crippen LogP contribution in [0.1, 0.15) is 21.5 Å². The van der Waals surface area contributed by atoms with Crippen LogP contribution in [0.4, 0.5) is 13.2 Å². The van der Waals surface area contributed by atoms with Gasteiger partial charge in [-0.15, -0.1) is 0 Å². The van der Waals surface area contributed by atoms with Gasteiger partial charge < -0.3 is 18.4 Å². The number of carbonyl (C=O) groups excluding carboxylic acids is 1. The van der Waals surface area contributed by atoms with Gasteiger partial charge in [-0.05, 0) is 29.1 Å². The molecule has 0 spiro atoms. The first kappa shape index (κ1) is 21.8. The quantitative estimate of drug-likeness (QED) is 0.302. The Morgan fingerprint density at radius 2 is 1.78 bits per heavy atom. The Morgan fingerprint density at radius 1 is 1.06 bits per heavy atom. The van der Waals surface area contributed by atoms with Crippen molar-refractivity contribution < 1.29 is 44.8 Å². The lowest BCUT2D eigenvalue weighted by atomic mass is 10.0. The number of carbonyl (C=O) groups is 1. The summed E-state index contributed by atoms with van der Waals surface area (Å²) in [6, 6.07) is 13.4. The second-order valence-electron chi connectivity index (χ2n) is 6.80. The maximum Gasteiger partial charge on any atom is 0.534 e. The molecule has 1 aliphatic heterocycles. The summed E-state index contributed by atoms with van der Waals surface area (Å²) in [4.78, 5) is 12.1. The second-order valence-corrected chi connectivity index (χ2v) is 8.34. The van der Waals surface area contributed by atoms with E-state index < -0.39 is 27.3 Å². The molecule has 0 amide bonds. The van der Waals surface area contributed by atoms with Crippen LogP contribution < -0.4 is 13.7 Å². The van der Waals surface area contributed by atoms with Crippen molar-refractivity contribution in [2.75, 3.05) is 7.11 Å². The van der Waals surface area contributed by atoms with E-state index in [0.717, 1.165) is 5.56 Å². The van der Waals surface area contributed by atoms with E-state index in [-0.39, 0.29) is 46.6 Å². The third-order valence-corrected chi connectivity index (χ3v) is 5.69. The fourth-order valence-electron chi connectivity index (χ4n) is 3.24. The molecular formula is C21H15F3O7S. The summed E-state index contributed by atoms with van der Waals surface area (Å²) in [6.07, 6.45) is 0. The lowest BCUT2D eigenvalue weighted by Crippen LogP contribution is -2.28. The normalized spacial score (nSPS) is 13.6. The Morgan fingerprint density at radius 3 is 2.44 bits per heavy atom. The van der Waals surface area contributed by atoms with Crippen molar-refractivity contribution in [1.82, 2.24) is 0 Å². The zero-order valence-corrected chi connectivity index (χ0v) is 17.2. The number of fused-ring (bicyclic) bond motifs is 2. The van der Waals surface area contributed by atoms with E-state index in [4.69, 9.17) is 14.2 Å². The van der Waals surface area contributed by atoms with Crippen molar-refractivity contribution in [1.29, 1.82) is 0 Å². The molecule has 0 N–H and O–H groups in total. The first-order valence-electron chi connectivity index (χ1n) is 9.13. The van der Waals surface area contributed by atoms with Crippen LogP contribution in [0.25, 0.3) is 10.8 Å². The number of cyclic esters (lactones) is 1. The van der Waals surface area contributed by atoms with Gasteiger partial charge in [-0.25, -0.2) is 4.79 Å². The minimum Gasteiger partial charge on any atom is -0.493 e. The van der Waals surface area contributed by atoms with Gasteiger partial charge in [-0.2, -0.15) is 21.6 Å². The number of rotatable bonds is 6. The molecule has 0 aromatic heterocycles. The van der Waals surface area contributed by atoms with Crippen molar-refractivity contribution in [3.63, 3.8) is 0 Å². The third-order valence-electron chi connectivity index (χ3n) is 4.73. The van der Waals surface area contributed by atoms with Crippen molar-refractivity contribution in [3.8, 4) is 17.2 Å². The Bertz CT molecular complexity index is 1300. The van der Waals surface area contributed by atoms with Crippen LogP contribution in [-0.4, -0.2) is 27.0 Å². The molecule has 32 heavy (non-hydrogen) atoms. The van der Waals surface area contributed by atoms with E-state index in [0.29, 0.717) is 0 Å². The Labute approximate surface area is 180 Å². The summed E-state index contributed by atoms with van der Waals surface area (Å²) in [5, 5.41) is 0.192. The SMILES string of the molecule is COc1cc2c(OS(=O)(=O)C(F)(F)F)c3c(cc2cc1OCc1ccccc1)COC3=O. The molecule has 11 heteroatoms. The minimum atomic E-state index is -6.04. The van der Waals surface area contributed by atoms with Gasteiger partial charge in [-0.1, -0.05) is 30.3 Å². The highest BCUT2D eigenvalue weighted by molar-refractivity contribution is 7.88. The van der Waals surface area contributed by atoms with E-state index in [9.17, 15) is 26.4 Å². The molecule has 3 aromatic rings. The van der Waals surface area contributed by atoms with E-state index in [1.54, 1.807) is 0 Å². The average molecular weight is 468 g/mol. The smallest absolute Gasteiger partial charge is 0.493 e. The number of hydrogen-bond donors (Lipinski definition) is 0. The molecule has 1 heterocycles. The van der Waals surface area contributed by atoms with Gasteiger partial charge in [0.25, 0.3) is 0 Å². The molecule has 3 aromatic carbocycles. The van der Waals surface area contributed by atoms with Crippen LogP contribution in [0.3, 0.4) is 0 Å². The summed E-state index contributed by atoms with van der Waals surface area (Å²) < 4.78 is 82.6. The summed E-state index contributed by atoms with van der Waals surface area (Å²) in [5.74, 6) is -1.39. The zero-order valence-electron chi connectivity index (χ0n) is 16.4. The Balaban J connectivity index is 1.85. The number of halogens is 3. The highest BCUT2D eigenvalue weighted by atomic mass is 32.2. The lowest BCUT2D eigenvalue weighted by Gasteiger charge is -2.16. The largest absolute Gasteiger partial charge is 0.534 e. The predicted octanol–water partition coefficient (Wildman–Crippen LogP) is 4.33. The first-order valence-corrected chi connectivity index (χ1v) is 10.5. The van der Waals surface area contributed by atoms with E-state index >= 15 is 0 Å². The van der Waals surface area contributed by atoms with Gasteiger partial charge in [-0.3, -0.25) is 0 Å². The highest BCUT2D eigenvalue weighted by Crippen LogP contribution is 2.43. The third kappa shape index (κ3) is 3.91. The second kappa shape index (κ2) is 7.90. The molecule has 4 rings (SSSR count). The molecule has 0 unspecified atom stereocenters. The molecule has 7 nitrogen and oxygen atoms in total. The Kier molecular flexibility index (Phi) is 5.37. The zero-order chi connectivity index (χ0) is 23.1. The molecule has 0 radical (unpaired) electrons. The number of hydrogen-bond acceptors (Lipinski definition) is 7. The van der Waals surface area contributed by atoms with Crippen LogP contribution in [0, 0.1) is 0 Å². The maximum atomic E-state index is 13.0. The number of benzene rings is 3. The van der Waals surface area contributed by atoms with Crippen molar-refractivity contribution in [3.05, 3.63) is 65.2 Å². The lowest BCUT2D eigenvalue weighted by molar-refractivity contribution is -0.0500. The van der Waals surface area contributed by atoms with Gasteiger partial charge in [0.15, 0.2) is 17.2 Å². The molecular weight excluding hydrogens is 453 g/mol. The summed E-state index contributed by atoms with van der Waals surface area (Å²) in [6.45, 7) is -0.0557. The monoisotopic (exact) mass is 468 g/mol. The van der Waals surface area contributed by atoms with E-state index in [1.165, 1.54) is 25.3 Å². The molecule has 0 saturated heterocycles. The van der Waals surface area contributed by atoms with Crippen molar-refractivity contribution >= 4 is 26.9 Å². The summed E-state index contributed by atoms with van der Waals surface area (Å²) in [7, 11) is -4.73.